The summed E-state index contributed by atoms with van der Waals surface area (Å²) in [6.07, 6.45) is 3.30. The summed E-state index contributed by atoms with van der Waals surface area (Å²) in [6, 6.07) is 9.67. The van der Waals surface area contributed by atoms with Gasteiger partial charge >= 0.3 is 0 Å². The molecule has 0 aliphatic heterocycles. The van der Waals surface area contributed by atoms with Crippen LogP contribution in [0.4, 0.5) is 8.78 Å². The van der Waals surface area contributed by atoms with Gasteiger partial charge in [-0.05, 0) is 49.2 Å². The van der Waals surface area contributed by atoms with Gasteiger partial charge in [-0.15, -0.1) is 0 Å². The van der Waals surface area contributed by atoms with E-state index in [-0.39, 0.29) is 34.5 Å². The molecule has 0 bridgehead atoms. The van der Waals surface area contributed by atoms with Gasteiger partial charge in [0.1, 0.15) is 11.3 Å². The van der Waals surface area contributed by atoms with Crippen LogP contribution < -0.4 is 4.74 Å². The number of carbonyl (C=O) groups excluding carboxylic acids is 1. The number of carbonyl (C=O) groups is 1. The molecule has 2 aromatic heterocycles. The molecule has 0 spiro atoms. The molecular weight excluding hydrogens is 404 g/mol. The lowest BCUT2D eigenvalue weighted by atomic mass is 9.99. The van der Waals surface area contributed by atoms with Crippen molar-refractivity contribution < 1.29 is 23.4 Å². The first-order chi connectivity index (χ1) is 14.9. The summed E-state index contributed by atoms with van der Waals surface area (Å²) < 4.78 is 34.9. The lowest BCUT2D eigenvalue weighted by molar-refractivity contribution is 0.103. The number of aryl methyl sites for hydroxylation is 1. The van der Waals surface area contributed by atoms with E-state index in [9.17, 15) is 18.7 Å². The molecule has 1 aliphatic carbocycles. The third kappa shape index (κ3) is 3.30. The van der Waals surface area contributed by atoms with Crippen LogP contribution in [0.3, 0.4) is 0 Å². The summed E-state index contributed by atoms with van der Waals surface area (Å²) in [4.78, 5) is 17.5. The molecule has 1 N–H and O–H groups in total. The number of pyridine rings is 1. The third-order valence-electron chi connectivity index (χ3n) is 5.33. The fourth-order valence-corrected chi connectivity index (χ4v) is 3.58. The molecule has 5 rings (SSSR count). The quantitative estimate of drug-likeness (QED) is 0.466. The second-order valence-corrected chi connectivity index (χ2v) is 7.50. The van der Waals surface area contributed by atoms with Gasteiger partial charge in [0.15, 0.2) is 23.2 Å². The van der Waals surface area contributed by atoms with Crippen molar-refractivity contribution in [3.05, 3.63) is 77.1 Å². The van der Waals surface area contributed by atoms with Gasteiger partial charge in [0.2, 0.25) is 5.88 Å². The molecule has 1 saturated carbocycles. The van der Waals surface area contributed by atoms with E-state index in [1.807, 2.05) is 0 Å². The fourth-order valence-electron chi connectivity index (χ4n) is 3.58. The topological polar surface area (TPSA) is 77.2 Å². The lowest BCUT2D eigenvalue weighted by Gasteiger charge is -2.11. The SMILES string of the molecule is Cn1nc(C2CC2)c(C(=O)c2ccc3nccc(Oc4c(F)cccc4F)c3c2)c1O. The zero-order valence-corrected chi connectivity index (χ0v) is 16.5. The number of hydrogen-bond donors (Lipinski definition) is 1. The van der Waals surface area contributed by atoms with Gasteiger partial charge in [0, 0.05) is 30.1 Å². The standard InChI is InChI=1S/C23H17F2N3O3/c1-28-23(30)19(20(27-28)12-5-6-12)21(29)13-7-8-17-14(11-13)18(9-10-26-17)31-22-15(24)3-2-4-16(22)25/h2-4,7-12,30H,5-6H2,1H3. The molecule has 1 aliphatic rings. The van der Waals surface area contributed by atoms with Crippen molar-refractivity contribution in [2.75, 3.05) is 0 Å². The van der Waals surface area contributed by atoms with E-state index in [4.69, 9.17) is 4.74 Å². The number of hydrogen-bond acceptors (Lipinski definition) is 5. The molecule has 31 heavy (non-hydrogen) atoms. The number of fused-ring (bicyclic) bond motifs is 1. The summed E-state index contributed by atoms with van der Waals surface area (Å²) in [7, 11) is 1.58. The Morgan fingerprint density at radius 1 is 1.16 bits per heavy atom. The molecule has 4 aromatic rings. The van der Waals surface area contributed by atoms with E-state index >= 15 is 0 Å². The summed E-state index contributed by atoms with van der Waals surface area (Å²) in [5, 5.41) is 15.1. The van der Waals surface area contributed by atoms with Crippen LogP contribution in [0, 0.1) is 11.6 Å². The summed E-state index contributed by atoms with van der Waals surface area (Å²) in [5.41, 5.74) is 1.53. The average molecular weight is 421 g/mol. The van der Waals surface area contributed by atoms with Gasteiger partial charge in [-0.2, -0.15) is 5.10 Å². The Morgan fingerprint density at radius 2 is 1.90 bits per heavy atom. The van der Waals surface area contributed by atoms with Crippen LogP contribution in [0.5, 0.6) is 17.4 Å². The molecule has 0 saturated heterocycles. The predicted octanol–water partition coefficient (Wildman–Crippen LogP) is 4.85. The van der Waals surface area contributed by atoms with E-state index < -0.39 is 17.4 Å². The highest BCUT2D eigenvalue weighted by molar-refractivity contribution is 6.13. The van der Waals surface area contributed by atoms with Crippen LogP contribution in [0.25, 0.3) is 10.9 Å². The van der Waals surface area contributed by atoms with Gasteiger partial charge in [-0.3, -0.25) is 9.78 Å². The van der Waals surface area contributed by atoms with Crippen molar-refractivity contribution in [1.82, 2.24) is 14.8 Å². The Morgan fingerprint density at radius 3 is 2.61 bits per heavy atom. The molecule has 0 atom stereocenters. The zero-order chi connectivity index (χ0) is 21.7. The lowest BCUT2D eigenvalue weighted by Crippen LogP contribution is -2.04. The minimum atomic E-state index is -0.841. The molecule has 0 radical (unpaired) electrons. The number of benzene rings is 2. The number of aromatic hydroxyl groups is 1. The predicted molar refractivity (Wildman–Crippen MR) is 108 cm³/mol. The number of para-hydroxylation sites is 1. The second kappa shape index (κ2) is 7.16. The Kier molecular flexibility index (Phi) is 4.43. The van der Waals surface area contributed by atoms with Crippen LogP contribution >= 0.6 is 0 Å². The number of rotatable bonds is 5. The number of nitrogens with zero attached hydrogens (tertiary/aromatic N) is 3. The number of aromatic nitrogens is 3. The van der Waals surface area contributed by atoms with Crippen molar-refractivity contribution in [3.63, 3.8) is 0 Å². The van der Waals surface area contributed by atoms with E-state index in [2.05, 4.69) is 10.1 Å². The molecule has 2 aromatic carbocycles. The van der Waals surface area contributed by atoms with Gasteiger partial charge in [-0.1, -0.05) is 6.07 Å². The maximum absolute atomic E-state index is 14.1. The maximum Gasteiger partial charge on any atom is 0.220 e. The van der Waals surface area contributed by atoms with E-state index in [0.717, 1.165) is 25.0 Å². The molecule has 1 fully saturated rings. The normalized spacial score (nSPS) is 13.5. The number of ether oxygens (including phenoxy) is 1. The number of ketones is 1. The van der Waals surface area contributed by atoms with Crippen LogP contribution in [0.1, 0.15) is 40.4 Å². The van der Waals surface area contributed by atoms with E-state index in [1.54, 1.807) is 25.2 Å². The van der Waals surface area contributed by atoms with E-state index in [0.29, 0.717) is 16.6 Å². The first-order valence-electron chi connectivity index (χ1n) is 9.75. The monoisotopic (exact) mass is 421 g/mol. The van der Waals surface area contributed by atoms with Crippen LogP contribution in [-0.2, 0) is 7.05 Å². The first kappa shape index (κ1) is 19.2. The Bertz CT molecular complexity index is 1330. The summed E-state index contributed by atoms with van der Waals surface area (Å²) in [6.45, 7) is 0. The third-order valence-corrected chi connectivity index (χ3v) is 5.33. The molecule has 2 heterocycles. The largest absolute Gasteiger partial charge is 0.493 e. The van der Waals surface area contributed by atoms with Gasteiger partial charge < -0.3 is 9.84 Å². The average Bonchev–Trinajstić information content (AvgIpc) is 3.56. The molecule has 8 heteroatoms. The Balaban J connectivity index is 1.59. The van der Waals surface area contributed by atoms with Crippen LogP contribution in [-0.4, -0.2) is 25.7 Å². The van der Waals surface area contributed by atoms with Crippen molar-refractivity contribution in [2.45, 2.75) is 18.8 Å². The highest BCUT2D eigenvalue weighted by Gasteiger charge is 2.34. The summed E-state index contributed by atoms with van der Waals surface area (Å²) >= 11 is 0. The minimum Gasteiger partial charge on any atom is -0.493 e. The Hall–Kier alpha value is -3.81. The minimum absolute atomic E-state index is 0.154. The molecule has 0 amide bonds. The van der Waals surface area contributed by atoms with Gasteiger partial charge in [-0.25, -0.2) is 13.5 Å². The van der Waals surface area contributed by atoms with Crippen molar-refractivity contribution >= 4 is 16.7 Å². The fraction of sp³-hybridized carbons (Fsp3) is 0.174. The highest BCUT2D eigenvalue weighted by Crippen LogP contribution is 2.43. The number of halogens is 2. The molecular formula is C23H17F2N3O3. The van der Waals surface area contributed by atoms with Crippen LogP contribution in [0.2, 0.25) is 0 Å². The first-order valence-corrected chi connectivity index (χ1v) is 9.75. The van der Waals surface area contributed by atoms with Crippen molar-refractivity contribution in [3.8, 4) is 17.4 Å². The Labute approximate surface area is 175 Å². The van der Waals surface area contributed by atoms with Gasteiger partial charge in [0.25, 0.3) is 0 Å². The molecule has 156 valence electrons. The second-order valence-electron chi connectivity index (χ2n) is 7.50. The van der Waals surface area contributed by atoms with Crippen molar-refractivity contribution in [2.24, 2.45) is 7.05 Å². The van der Waals surface area contributed by atoms with Crippen LogP contribution in [0.15, 0.2) is 48.7 Å². The smallest absolute Gasteiger partial charge is 0.220 e. The molecule has 6 nitrogen and oxygen atoms in total. The highest BCUT2D eigenvalue weighted by atomic mass is 19.1. The van der Waals surface area contributed by atoms with Crippen molar-refractivity contribution in [1.29, 1.82) is 0 Å². The maximum atomic E-state index is 14.1. The zero-order valence-electron chi connectivity index (χ0n) is 16.5. The molecule has 0 unspecified atom stereocenters. The van der Waals surface area contributed by atoms with Gasteiger partial charge in [0.05, 0.1) is 11.2 Å². The van der Waals surface area contributed by atoms with E-state index in [1.165, 1.54) is 23.0 Å². The summed E-state index contributed by atoms with van der Waals surface area (Å²) in [5.74, 6) is -2.48.